The maximum atomic E-state index is 12.6. The number of rotatable bonds is 13. The maximum Gasteiger partial charge on any atom is 0.176 e. The van der Waals surface area contributed by atoms with Crippen LogP contribution in [0.5, 0.6) is 11.5 Å². The number of hydrogen-bond donors (Lipinski definition) is 1. The third-order valence-electron chi connectivity index (χ3n) is 7.39. The lowest BCUT2D eigenvalue weighted by Crippen LogP contribution is -2.20. The Morgan fingerprint density at radius 2 is 1.37 bits per heavy atom. The van der Waals surface area contributed by atoms with Gasteiger partial charge < -0.3 is 19.5 Å². The maximum absolute atomic E-state index is 12.6. The predicted octanol–water partition coefficient (Wildman–Crippen LogP) is 8.34. The fourth-order valence-corrected chi connectivity index (χ4v) is 5.18. The van der Waals surface area contributed by atoms with Crippen molar-refractivity contribution < 1.29 is 14.3 Å². The van der Waals surface area contributed by atoms with Crippen molar-refractivity contribution in [1.82, 2.24) is 4.57 Å². The zero-order valence-electron chi connectivity index (χ0n) is 23.7. The third kappa shape index (κ3) is 6.75. The van der Waals surface area contributed by atoms with Crippen LogP contribution in [0.25, 0.3) is 10.9 Å². The number of ether oxygens (including phenoxy) is 2. The van der Waals surface area contributed by atoms with Gasteiger partial charge in [-0.05, 0) is 59.0 Å². The topological polar surface area (TPSA) is 64.3 Å². The van der Waals surface area contributed by atoms with Gasteiger partial charge in [-0.2, -0.15) is 0 Å². The van der Waals surface area contributed by atoms with Crippen LogP contribution >= 0.6 is 0 Å². The summed E-state index contributed by atoms with van der Waals surface area (Å²) in [5, 5.41) is 9.69. The first-order chi connectivity index (χ1) is 20.1. The average molecular weight is 545 g/mol. The van der Waals surface area contributed by atoms with Crippen molar-refractivity contribution in [3.05, 3.63) is 132 Å². The van der Waals surface area contributed by atoms with Gasteiger partial charge in [0, 0.05) is 36.0 Å². The number of carbonyl (C=O) groups is 1. The predicted molar refractivity (Wildman–Crippen MR) is 165 cm³/mol. The highest BCUT2D eigenvalue weighted by atomic mass is 16.5. The third-order valence-corrected chi connectivity index (χ3v) is 7.39. The number of fused-ring (bicyclic) bond motifs is 1. The molecule has 5 rings (SSSR count). The van der Waals surface area contributed by atoms with Gasteiger partial charge in [0.2, 0.25) is 0 Å². The SMILES string of the molecule is CCC(=O)C(=N)C(CC)c1cn(Cc2cccc(OCc3ccccc3)c2)c2ccc(OCc3ccccc3)cc12. The minimum absolute atomic E-state index is 0.113. The molecule has 5 heteroatoms. The Morgan fingerprint density at radius 1 is 0.756 bits per heavy atom. The smallest absolute Gasteiger partial charge is 0.176 e. The van der Waals surface area contributed by atoms with E-state index in [9.17, 15) is 4.79 Å². The molecule has 1 N–H and O–H groups in total. The number of hydrogen-bond acceptors (Lipinski definition) is 4. The first kappa shape index (κ1) is 27.9. The van der Waals surface area contributed by atoms with E-state index in [1.807, 2.05) is 80.6 Å². The minimum atomic E-state index is -0.281. The highest BCUT2D eigenvalue weighted by molar-refractivity contribution is 6.40. The molecule has 5 aromatic rings. The van der Waals surface area contributed by atoms with Crippen molar-refractivity contribution in [3.8, 4) is 11.5 Å². The van der Waals surface area contributed by atoms with Crippen molar-refractivity contribution in [1.29, 1.82) is 5.41 Å². The van der Waals surface area contributed by atoms with Crippen molar-refractivity contribution in [2.75, 3.05) is 0 Å². The molecule has 0 saturated heterocycles. The lowest BCUT2D eigenvalue weighted by Gasteiger charge is -2.15. The minimum Gasteiger partial charge on any atom is -0.489 e. The summed E-state index contributed by atoms with van der Waals surface area (Å²) >= 11 is 0. The summed E-state index contributed by atoms with van der Waals surface area (Å²) in [7, 11) is 0. The second-order valence-electron chi connectivity index (χ2n) is 10.2. The number of ketones is 1. The summed E-state index contributed by atoms with van der Waals surface area (Å²) in [4.78, 5) is 12.6. The largest absolute Gasteiger partial charge is 0.489 e. The molecule has 1 atom stereocenters. The van der Waals surface area contributed by atoms with E-state index in [2.05, 4.69) is 47.2 Å². The standard InChI is InChI=1S/C36H36N2O3/c1-3-31(36(37)35(39)4-2)33-23-38(22-28-16-11-17-29(20-28)40-24-26-12-7-5-8-13-26)34-19-18-30(21-32(33)34)41-25-27-14-9-6-10-15-27/h5-21,23,31,37H,3-4,22,24-25H2,1-2H3. The van der Waals surface area contributed by atoms with Gasteiger partial charge >= 0.3 is 0 Å². The number of nitrogens with one attached hydrogen (secondary N) is 1. The number of aromatic nitrogens is 1. The molecule has 1 unspecified atom stereocenters. The van der Waals surface area contributed by atoms with Gasteiger partial charge in [-0.3, -0.25) is 4.79 Å². The summed E-state index contributed by atoms with van der Waals surface area (Å²) in [6, 6.07) is 34.5. The molecule has 0 aliphatic heterocycles. The zero-order valence-corrected chi connectivity index (χ0v) is 23.7. The number of carbonyl (C=O) groups excluding carboxylic acids is 1. The Morgan fingerprint density at radius 3 is 1.98 bits per heavy atom. The Bertz CT molecular complexity index is 1620. The fourth-order valence-electron chi connectivity index (χ4n) is 5.18. The van der Waals surface area contributed by atoms with Crippen LogP contribution in [0.2, 0.25) is 0 Å². The van der Waals surface area contributed by atoms with E-state index in [1.54, 1.807) is 0 Å². The van der Waals surface area contributed by atoms with Crippen molar-refractivity contribution >= 4 is 22.4 Å². The molecular formula is C36H36N2O3. The quantitative estimate of drug-likeness (QED) is 0.152. The van der Waals surface area contributed by atoms with Crippen LogP contribution < -0.4 is 9.47 Å². The first-order valence-electron chi connectivity index (χ1n) is 14.2. The molecular weight excluding hydrogens is 508 g/mol. The van der Waals surface area contributed by atoms with E-state index in [-0.39, 0.29) is 17.4 Å². The van der Waals surface area contributed by atoms with Gasteiger partial charge in [-0.25, -0.2) is 0 Å². The average Bonchev–Trinajstić information content (AvgIpc) is 3.37. The molecule has 41 heavy (non-hydrogen) atoms. The van der Waals surface area contributed by atoms with E-state index in [0.29, 0.717) is 32.6 Å². The lowest BCUT2D eigenvalue weighted by atomic mass is 9.88. The highest BCUT2D eigenvalue weighted by Crippen LogP contribution is 2.34. The molecule has 208 valence electrons. The summed E-state index contributed by atoms with van der Waals surface area (Å²) in [5.41, 5.74) is 5.52. The highest BCUT2D eigenvalue weighted by Gasteiger charge is 2.24. The Hall–Kier alpha value is -4.64. The van der Waals surface area contributed by atoms with Gasteiger partial charge in [0.05, 0.1) is 5.71 Å². The summed E-state index contributed by atoms with van der Waals surface area (Å²) in [6.07, 6.45) is 3.10. The van der Waals surface area contributed by atoms with Crippen LogP contribution in [0.1, 0.15) is 54.9 Å². The molecule has 0 aliphatic carbocycles. The van der Waals surface area contributed by atoms with E-state index in [1.165, 1.54) is 0 Å². The van der Waals surface area contributed by atoms with Crippen LogP contribution in [-0.2, 0) is 24.6 Å². The lowest BCUT2D eigenvalue weighted by molar-refractivity contribution is -0.112. The molecule has 0 spiro atoms. The number of benzene rings is 4. The fraction of sp³-hybridized carbons (Fsp3) is 0.222. The molecule has 0 bridgehead atoms. The van der Waals surface area contributed by atoms with E-state index >= 15 is 0 Å². The molecule has 0 amide bonds. The molecule has 1 aromatic heterocycles. The van der Waals surface area contributed by atoms with E-state index in [0.717, 1.165) is 44.7 Å². The molecule has 1 heterocycles. The molecule has 5 nitrogen and oxygen atoms in total. The van der Waals surface area contributed by atoms with Crippen molar-refractivity contribution in [2.24, 2.45) is 0 Å². The van der Waals surface area contributed by atoms with Gasteiger partial charge in [0.25, 0.3) is 0 Å². The number of nitrogens with zero attached hydrogens (tertiary/aromatic N) is 1. The van der Waals surface area contributed by atoms with Crippen LogP contribution in [0.4, 0.5) is 0 Å². The Balaban J connectivity index is 1.45. The van der Waals surface area contributed by atoms with Crippen LogP contribution in [-0.4, -0.2) is 16.1 Å². The summed E-state index contributed by atoms with van der Waals surface area (Å²) in [5.74, 6) is 1.19. The molecule has 0 radical (unpaired) electrons. The van der Waals surface area contributed by atoms with Gasteiger partial charge in [0.15, 0.2) is 5.78 Å². The van der Waals surface area contributed by atoms with Gasteiger partial charge in [0.1, 0.15) is 24.7 Å². The van der Waals surface area contributed by atoms with Gasteiger partial charge in [-0.15, -0.1) is 0 Å². The molecule has 0 fully saturated rings. The Labute approximate surface area is 241 Å². The zero-order chi connectivity index (χ0) is 28.6. The second-order valence-corrected chi connectivity index (χ2v) is 10.2. The van der Waals surface area contributed by atoms with Crippen LogP contribution in [0.3, 0.4) is 0 Å². The van der Waals surface area contributed by atoms with Crippen LogP contribution in [0.15, 0.2) is 109 Å². The summed E-state index contributed by atoms with van der Waals surface area (Å²) in [6.45, 7) is 5.47. The monoisotopic (exact) mass is 544 g/mol. The second kappa shape index (κ2) is 13.1. The molecule has 0 saturated carbocycles. The number of Topliss-reactive ketones (excluding diaryl/α,β-unsaturated/α-hetero) is 1. The van der Waals surface area contributed by atoms with Crippen LogP contribution in [0, 0.1) is 5.41 Å². The molecule has 0 aliphatic rings. The Kier molecular flexibility index (Phi) is 8.95. The van der Waals surface area contributed by atoms with E-state index in [4.69, 9.17) is 14.9 Å². The van der Waals surface area contributed by atoms with Crippen molar-refractivity contribution in [3.63, 3.8) is 0 Å². The van der Waals surface area contributed by atoms with Crippen molar-refractivity contribution in [2.45, 2.75) is 52.4 Å². The van der Waals surface area contributed by atoms with Gasteiger partial charge in [-0.1, -0.05) is 86.6 Å². The summed E-state index contributed by atoms with van der Waals surface area (Å²) < 4.78 is 14.4. The normalized spacial score (nSPS) is 11.8. The molecule has 4 aromatic carbocycles. The first-order valence-corrected chi connectivity index (χ1v) is 14.2. The van der Waals surface area contributed by atoms with E-state index < -0.39 is 0 Å².